The van der Waals surface area contributed by atoms with E-state index in [2.05, 4.69) is 29.4 Å². The number of carbonyl (C=O) groups is 1. The topological polar surface area (TPSA) is 64.6 Å². The van der Waals surface area contributed by atoms with Crippen molar-refractivity contribution in [3.05, 3.63) is 35.9 Å². The lowest BCUT2D eigenvalue weighted by atomic mass is 9.85. The zero-order valence-corrected chi connectivity index (χ0v) is 15.0. The van der Waals surface area contributed by atoms with Gasteiger partial charge in [0, 0.05) is 19.1 Å². The first kappa shape index (κ1) is 19.5. The second-order valence-electron chi connectivity index (χ2n) is 7.06. The molecule has 2 amide bonds. The third kappa shape index (κ3) is 7.01. The van der Waals surface area contributed by atoms with Gasteiger partial charge in [-0.25, -0.2) is 4.79 Å². The Hall–Kier alpha value is -1.59. The Bertz CT molecular complexity index is 474. The molecule has 0 aliphatic heterocycles. The van der Waals surface area contributed by atoms with Gasteiger partial charge in [-0.2, -0.15) is 0 Å². The van der Waals surface area contributed by atoms with Crippen molar-refractivity contribution < 1.29 is 9.90 Å². The minimum atomic E-state index is -0.556. The number of benzene rings is 1. The smallest absolute Gasteiger partial charge is 0.315 e. The van der Waals surface area contributed by atoms with E-state index >= 15 is 0 Å². The Morgan fingerprint density at radius 2 is 1.87 bits per heavy atom. The number of nitrogens with one attached hydrogen (secondary N) is 2. The van der Waals surface area contributed by atoms with Crippen molar-refractivity contribution in [2.45, 2.75) is 39.3 Å². The molecule has 2 unspecified atom stereocenters. The van der Waals surface area contributed by atoms with Crippen molar-refractivity contribution in [3.8, 4) is 0 Å². The summed E-state index contributed by atoms with van der Waals surface area (Å²) in [5.74, 6) is 0. The quantitative estimate of drug-likeness (QED) is 0.689. The molecule has 5 nitrogen and oxygen atoms in total. The highest BCUT2D eigenvalue weighted by Gasteiger charge is 2.27. The Morgan fingerprint density at radius 1 is 1.26 bits per heavy atom. The number of rotatable bonds is 8. The maximum atomic E-state index is 12.0. The van der Waals surface area contributed by atoms with Gasteiger partial charge in [0.15, 0.2) is 0 Å². The summed E-state index contributed by atoms with van der Waals surface area (Å²) in [5.41, 5.74) is 0.847. The molecule has 0 aliphatic rings. The van der Waals surface area contributed by atoms with Crippen LogP contribution in [0.1, 0.15) is 38.9 Å². The van der Waals surface area contributed by atoms with E-state index < -0.39 is 6.10 Å². The highest BCUT2D eigenvalue weighted by molar-refractivity contribution is 5.74. The van der Waals surface area contributed by atoms with Gasteiger partial charge in [0.1, 0.15) is 0 Å². The molecule has 0 bridgehead atoms. The number of hydrogen-bond acceptors (Lipinski definition) is 3. The Morgan fingerprint density at radius 3 is 2.43 bits per heavy atom. The van der Waals surface area contributed by atoms with Crippen LogP contribution in [0, 0.1) is 5.41 Å². The number of nitrogens with zero attached hydrogens (tertiary/aromatic N) is 1. The minimum absolute atomic E-state index is 0.0234. The van der Waals surface area contributed by atoms with Crippen LogP contribution in [0.2, 0.25) is 0 Å². The van der Waals surface area contributed by atoms with Crippen molar-refractivity contribution in [2.24, 2.45) is 5.41 Å². The Labute approximate surface area is 140 Å². The van der Waals surface area contributed by atoms with E-state index in [0.29, 0.717) is 13.0 Å². The number of hydrogen-bond donors (Lipinski definition) is 3. The molecule has 1 aromatic carbocycles. The molecule has 1 aromatic rings. The number of carbonyl (C=O) groups excluding carboxylic acids is 1. The summed E-state index contributed by atoms with van der Waals surface area (Å²) < 4.78 is 0. The van der Waals surface area contributed by atoms with E-state index in [1.807, 2.05) is 51.4 Å². The summed E-state index contributed by atoms with van der Waals surface area (Å²) in [6.45, 7) is 7.61. The Kier molecular flexibility index (Phi) is 7.52. The lowest BCUT2D eigenvalue weighted by Crippen LogP contribution is -2.50. The normalized spacial score (nSPS) is 14.4. The lowest BCUT2D eigenvalue weighted by Gasteiger charge is -2.34. The largest absolute Gasteiger partial charge is 0.388 e. The molecule has 23 heavy (non-hydrogen) atoms. The van der Waals surface area contributed by atoms with E-state index in [4.69, 9.17) is 0 Å². The molecule has 0 saturated carbocycles. The predicted octanol–water partition coefficient (Wildman–Crippen LogP) is 2.39. The van der Waals surface area contributed by atoms with Gasteiger partial charge in [-0.15, -0.1) is 0 Å². The summed E-state index contributed by atoms with van der Waals surface area (Å²) in [6, 6.07) is 9.33. The molecule has 0 saturated heterocycles. The summed E-state index contributed by atoms with van der Waals surface area (Å²) in [4.78, 5) is 14.1. The number of aliphatic hydroxyl groups excluding tert-OH is 1. The Balaban J connectivity index is 2.34. The summed E-state index contributed by atoms with van der Waals surface area (Å²) in [5, 5.41) is 15.9. The van der Waals surface area contributed by atoms with Gasteiger partial charge in [0.05, 0.1) is 6.10 Å². The van der Waals surface area contributed by atoms with Crippen molar-refractivity contribution in [1.82, 2.24) is 15.5 Å². The molecule has 0 heterocycles. The SMILES string of the molecule is CC(NC(=O)NCCC(O)c1ccccc1)C(C)(C)CN(C)C. The first-order valence-electron chi connectivity index (χ1n) is 8.14. The molecule has 0 aromatic heterocycles. The third-order valence-electron chi connectivity index (χ3n) is 4.13. The van der Waals surface area contributed by atoms with E-state index in [1.165, 1.54) is 0 Å². The summed E-state index contributed by atoms with van der Waals surface area (Å²) in [7, 11) is 4.05. The lowest BCUT2D eigenvalue weighted by molar-refractivity contribution is 0.164. The van der Waals surface area contributed by atoms with Gasteiger partial charge in [-0.3, -0.25) is 0 Å². The zero-order chi connectivity index (χ0) is 17.5. The van der Waals surface area contributed by atoms with Crippen LogP contribution in [-0.2, 0) is 0 Å². The average Bonchev–Trinajstić information content (AvgIpc) is 2.46. The minimum Gasteiger partial charge on any atom is -0.388 e. The monoisotopic (exact) mass is 321 g/mol. The van der Waals surface area contributed by atoms with Crippen LogP contribution in [0.25, 0.3) is 0 Å². The fourth-order valence-electron chi connectivity index (χ4n) is 2.56. The van der Waals surface area contributed by atoms with Gasteiger partial charge < -0.3 is 20.6 Å². The molecular formula is C18H31N3O2. The summed E-state index contributed by atoms with van der Waals surface area (Å²) >= 11 is 0. The molecule has 2 atom stereocenters. The van der Waals surface area contributed by atoms with Crippen LogP contribution < -0.4 is 10.6 Å². The van der Waals surface area contributed by atoms with Gasteiger partial charge in [0.2, 0.25) is 0 Å². The van der Waals surface area contributed by atoms with Crippen LogP contribution in [0.4, 0.5) is 4.79 Å². The van der Waals surface area contributed by atoms with E-state index in [1.54, 1.807) is 0 Å². The van der Waals surface area contributed by atoms with Crippen molar-refractivity contribution in [3.63, 3.8) is 0 Å². The second-order valence-corrected chi connectivity index (χ2v) is 7.06. The van der Waals surface area contributed by atoms with Crippen LogP contribution in [0.5, 0.6) is 0 Å². The zero-order valence-electron chi connectivity index (χ0n) is 15.0. The van der Waals surface area contributed by atoms with Crippen molar-refractivity contribution in [2.75, 3.05) is 27.2 Å². The maximum Gasteiger partial charge on any atom is 0.315 e. The fourth-order valence-corrected chi connectivity index (χ4v) is 2.56. The first-order valence-corrected chi connectivity index (χ1v) is 8.14. The van der Waals surface area contributed by atoms with E-state index in [-0.39, 0.29) is 17.5 Å². The maximum absolute atomic E-state index is 12.0. The van der Waals surface area contributed by atoms with Crippen LogP contribution in [0.3, 0.4) is 0 Å². The van der Waals surface area contributed by atoms with Crippen LogP contribution in [0.15, 0.2) is 30.3 Å². The fraction of sp³-hybridized carbons (Fsp3) is 0.611. The molecule has 5 heteroatoms. The van der Waals surface area contributed by atoms with Crippen molar-refractivity contribution >= 4 is 6.03 Å². The van der Waals surface area contributed by atoms with Gasteiger partial charge in [-0.1, -0.05) is 44.2 Å². The molecular weight excluding hydrogens is 290 g/mol. The molecule has 0 spiro atoms. The summed E-state index contributed by atoms with van der Waals surface area (Å²) in [6.07, 6.45) is -0.0634. The molecule has 0 fully saturated rings. The average molecular weight is 321 g/mol. The number of urea groups is 1. The number of amides is 2. The highest BCUT2D eigenvalue weighted by Crippen LogP contribution is 2.21. The molecule has 0 radical (unpaired) electrons. The van der Waals surface area contributed by atoms with Gasteiger partial charge in [-0.05, 0) is 38.4 Å². The first-order chi connectivity index (χ1) is 10.7. The standard InChI is InChI=1S/C18H31N3O2/c1-14(18(2,3)13-21(4)5)20-17(23)19-12-11-16(22)15-9-7-6-8-10-15/h6-10,14,16,22H,11-13H2,1-5H3,(H2,19,20,23). The van der Waals surface area contributed by atoms with Gasteiger partial charge >= 0.3 is 6.03 Å². The van der Waals surface area contributed by atoms with Crippen LogP contribution >= 0.6 is 0 Å². The second kappa shape index (κ2) is 8.89. The molecule has 0 aliphatic carbocycles. The van der Waals surface area contributed by atoms with E-state index in [9.17, 15) is 9.90 Å². The predicted molar refractivity (Wildman–Crippen MR) is 94.4 cm³/mol. The number of aliphatic hydroxyl groups is 1. The van der Waals surface area contributed by atoms with Gasteiger partial charge in [0.25, 0.3) is 0 Å². The molecule has 130 valence electrons. The van der Waals surface area contributed by atoms with Crippen molar-refractivity contribution in [1.29, 1.82) is 0 Å². The van der Waals surface area contributed by atoms with Crippen LogP contribution in [-0.4, -0.2) is 49.3 Å². The van der Waals surface area contributed by atoms with E-state index in [0.717, 1.165) is 12.1 Å². The third-order valence-corrected chi connectivity index (χ3v) is 4.13. The highest BCUT2D eigenvalue weighted by atomic mass is 16.3. The molecule has 3 N–H and O–H groups in total. The molecule has 1 rings (SSSR count).